The molecule has 0 aliphatic carbocycles. The Morgan fingerprint density at radius 2 is 2.11 bits per heavy atom. The summed E-state index contributed by atoms with van der Waals surface area (Å²) in [5, 5.41) is 13.7. The monoisotopic (exact) mass is 382 g/mol. The van der Waals surface area contributed by atoms with E-state index in [1.54, 1.807) is 38.3 Å². The topological polar surface area (TPSA) is 107 Å². The predicted octanol–water partition coefficient (Wildman–Crippen LogP) is 2.12. The molecule has 27 heavy (non-hydrogen) atoms. The van der Waals surface area contributed by atoms with E-state index in [0.29, 0.717) is 27.0 Å². The van der Waals surface area contributed by atoms with E-state index < -0.39 is 5.97 Å². The van der Waals surface area contributed by atoms with E-state index in [2.05, 4.69) is 10.1 Å². The third-order valence-corrected chi connectivity index (χ3v) is 4.39. The average molecular weight is 382 g/mol. The Hall–Kier alpha value is -3.51. The van der Waals surface area contributed by atoms with E-state index >= 15 is 0 Å². The van der Waals surface area contributed by atoms with Crippen molar-refractivity contribution < 1.29 is 14.3 Å². The highest BCUT2D eigenvalue weighted by Gasteiger charge is 2.14. The standard InChI is InChI=1S/C18H14N4O4S/c1-11-7-16(23)22-18(20-11)27-15(21-22)10-26-17(24)13(9-19)8-12-3-5-14(25-2)6-4-12/h3-8H,10H2,1-2H3/b13-8+. The Balaban J connectivity index is 1.73. The molecule has 9 heteroatoms. The molecule has 3 aromatic rings. The van der Waals surface area contributed by atoms with E-state index in [4.69, 9.17) is 9.47 Å². The van der Waals surface area contributed by atoms with Gasteiger partial charge in [-0.1, -0.05) is 23.5 Å². The van der Waals surface area contributed by atoms with Crippen LogP contribution in [0.25, 0.3) is 11.0 Å². The zero-order chi connectivity index (χ0) is 19.4. The molecule has 0 saturated heterocycles. The summed E-state index contributed by atoms with van der Waals surface area (Å²) in [6.07, 6.45) is 1.43. The van der Waals surface area contributed by atoms with Gasteiger partial charge >= 0.3 is 5.97 Å². The van der Waals surface area contributed by atoms with Gasteiger partial charge in [-0.2, -0.15) is 14.9 Å². The molecule has 3 rings (SSSR count). The first-order valence-corrected chi connectivity index (χ1v) is 8.61. The van der Waals surface area contributed by atoms with E-state index in [1.807, 2.05) is 6.07 Å². The number of methoxy groups -OCH3 is 1. The molecule has 8 nitrogen and oxygen atoms in total. The van der Waals surface area contributed by atoms with Crippen molar-refractivity contribution in [2.75, 3.05) is 7.11 Å². The minimum absolute atomic E-state index is 0.146. The van der Waals surface area contributed by atoms with Gasteiger partial charge in [0.1, 0.15) is 24.0 Å². The fraction of sp³-hybridized carbons (Fsp3) is 0.167. The van der Waals surface area contributed by atoms with Crippen LogP contribution < -0.4 is 10.3 Å². The highest BCUT2D eigenvalue weighted by atomic mass is 32.1. The summed E-state index contributed by atoms with van der Waals surface area (Å²) in [5.41, 5.74) is 0.799. The third kappa shape index (κ3) is 4.19. The van der Waals surface area contributed by atoms with Crippen molar-refractivity contribution in [1.29, 1.82) is 5.26 Å². The van der Waals surface area contributed by atoms with Gasteiger partial charge in [-0.15, -0.1) is 0 Å². The van der Waals surface area contributed by atoms with Crippen LogP contribution in [0.1, 0.15) is 16.3 Å². The molecule has 0 saturated carbocycles. The van der Waals surface area contributed by atoms with Crippen molar-refractivity contribution in [3.63, 3.8) is 0 Å². The van der Waals surface area contributed by atoms with Crippen LogP contribution in [0.4, 0.5) is 0 Å². The molecular formula is C18H14N4O4S. The number of nitriles is 1. The number of hydrogen-bond acceptors (Lipinski definition) is 8. The first-order chi connectivity index (χ1) is 13.0. The lowest BCUT2D eigenvalue weighted by Crippen LogP contribution is -2.14. The van der Waals surface area contributed by atoms with Gasteiger partial charge in [-0.3, -0.25) is 4.79 Å². The number of rotatable bonds is 5. The summed E-state index contributed by atoms with van der Waals surface area (Å²) < 4.78 is 11.4. The lowest BCUT2D eigenvalue weighted by Gasteiger charge is -2.02. The minimum Gasteiger partial charge on any atom is -0.497 e. The second kappa shape index (κ2) is 7.80. The van der Waals surface area contributed by atoms with Crippen LogP contribution in [0, 0.1) is 18.3 Å². The van der Waals surface area contributed by atoms with Gasteiger partial charge in [-0.05, 0) is 30.7 Å². The fourth-order valence-electron chi connectivity index (χ4n) is 2.23. The molecule has 0 atom stereocenters. The Bertz CT molecular complexity index is 1120. The first kappa shape index (κ1) is 18.3. The molecule has 0 aliphatic rings. The molecule has 0 amide bonds. The van der Waals surface area contributed by atoms with Crippen molar-refractivity contribution in [3.8, 4) is 11.8 Å². The van der Waals surface area contributed by atoms with Crippen molar-refractivity contribution >= 4 is 28.3 Å². The highest BCUT2D eigenvalue weighted by Crippen LogP contribution is 2.16. The maximum atomic E-state index is 12.2. The summed E-state index contributed by atoms with van der Waals surface area (Å²) in [7, 11) is 1.55. The molecule has 0 unspecified atom stereocenters. The van der Waals surface area contributed by atoms with Crippen molar-refractivity contribution in [1.82, 2.24) is 14.6 Å². The molecule has 0 fully saturated rings. The zero-order valence-corrected chi connectivity index (χ0v) is 15.3. The average Bonchev–Trinajstić information content (AvgIpc) is 3.08. The summed E-state index contributed by atoms with van der Waals surface area (Å²) in [6.45, 7) is 1.55. The van der Waals surface area contributed by atoms with Gasteiger partial charge in [0.15, 0.2) is 5.01 Å². The Morgan fingerprint density at radius 1 is 1.37 bits per heavy atom. The molecule has 0 bridgehead atoms. The van der Waals surface area contributed by atoms with Crippen LogP contribution in [-0.2, 0) is 16.1 Å². The van der Waals surface area contributed by atoms with Crippen LogP contribution >= 0.6 is 11.3 Å². The number of carbonyl (C=O) groups excluding carboxylic acids is 1. The van der Waals surface area contributed by atoms with Gasteiger partial charge in [0, 0.05) is 11.8 Å². The first-order valence-electron chi connectivity index (χ1n) is 7.79. The summed E-state index contributed by atoms with van der Waals surface area (Å²) >= 11 is 1.14. The van der Waals surface area contributed by atoms with Crippen LogP contribution in [0.3, 0.4) is 0 Å². The van der Waals surface area contributed by atoms with Crippen LogP contribution in [-0.4, -0.2) is 27.7 Å². The van der Waals surface area contributed by atoms with E-state index in [0.717, 1.165) is 15.9 Å². The molecule has 136 valence electrons. The molecule has 1 aromatic carbocycles. The van der Waals surface area contributed by atoms with Crippen LogP contribution in [0.5, 0.6) is 5.75 Å². The predicted molar refractivity (Wildman–Crippen MR) is 98.3 cm³/mol. The number of nitrogens with zero attached hydrogens (tertiary/aromatic N) is 4. The summed E-state index contributed by atoms with van der Waals surface area (Å²) in [5.74, 6) is -0.104. The lowest BCUT2D eigenvalue weighted by atomic mass is 10.1. The van der Waals surface area contributed by atoms with Gasteiger partial charge in [-0.25, -0.2) is 9.78 Å². The van der Waals surface area contributed by atoms with E-state index in [9.17, 15) is 14.9 Å². The number of carbonyl (C=O) groups is 1. The van der Waals surface area contributed by atoms with Gasteiger partial charge < -0.3 is 9.47 Å². The fourth-order valence-corrected chi connectivity index (χ4v) is 3.09. The van der Waals surface area contributed by atoms with E-state index in [-0.39, 0.29) is 17.7 Å². The molecule has 0 spiro atoms. The largest absolute Gasteiger partial charge is 0.497 e. The van der Waals surface area contributed by atoms with Crippen molar-refractivity contribution in [2.24, 2.45) is 0 Å². The molecule has 2 aromatic heterocycles. The Morgan fingerprint density at radius 3 is 2.78 bits per heavy atom. The maximum Gasteiger partial charge on any atom is 0.349 e. The Kier molecular flexibility index (Phi) is 5.28. The van der Waals surface area contributed by atoms with E-state index in [1.165, 1.54) is 12.1 Å². The van der Waals surface area contributed by atoms with Crippen LogP contribution in [0.15, 0.2) is 40.7 Å². The van der Waals surface area contributed by atoms with Gasteiger partial charge in [0.05, 0.1) is 7.11 Å². The quantitative estimate of drug-likeness (QED) is 0.378. The number of esters is 1. The second-order valence-corrected chi connectivity index (χ2v) is 6.49. The van der Waals surface area contributed by atoms with Gasteiger partial charge in [0.2, 0.25) is 4.96 Å². The highest BCUT2D eigenvalue weighted by molar-refractivity contribution is 7.16. The normalized spacial score (nSPS) is 11.2. The minimum atomic E-state index is -0.774. The van der Waals surface area contributed by atoms with Crippen molar-refractivity contribution in [2.45, 2.75) is 13.5 Å². The third-order valence-electron chi connectivity index (χ3n) is 3.51. The van der Waals surface area contributed by atoms with Crippen LogP contribution in [0.2, 0.25) is 0 Å². The van der Waals surface area contributed by atoms with Crippen molar-refractivity contribution in [3.05, 3.63) is 62.5 Å². The number of hydrogen-bond donors (Lipinski definition) is 0. The molecule has 0 radical (unpaired) electrons. The number of fused-ring (bicyclic) bond motifs is 1. The maximum absolute atomic E-state index is 12.2. The second-order valence-electron chi connectivity index (χ2n) is 5.45. The molecular weight excluding hydrogens is 368 g/mol. The Labute approximate surface area is 157 Å². The molecule has 0 aliphatic heterocycles. The zero-order valence-electron chi connectivity index (χ0n) is 14.5. The molecule has 0 N–H and O–H groups in total. The number of benzene rings is 1. The number of aromatic nitrogens is 3. The molecule has 2 heterocycles. The number of ether oxygens (including phenoxy) is 2. The lowest BCUT2D eigenvalue weighted by molar-refractivity contribution is -0.139. The SMILES string of the molecule is COc1ccc(/C=C(\C#N)C(=O)OCc2nn3c(=O)cc(C)nc3s2)cc1. The summed E-state index contributed by atoms with van der Waals surface area (Å²) in [4.78, 5) is 28.6. The summed E-state index contributed by atoms with van der Waals surface area (Å²) in [6, 6.07) is 10.1. The smallest absolute Gasteiger partial charge is 0.349 e. The van der Waals surface area contributed by atoms with Gasteiger partial charge in [0.25, 0.3) is 5.56 Å². The number of aryl methyl sites for hydroxylation is 1.